The van der Waals surface area contributed by atoms with E-state index in [2.05, 4.69) is 25.8 Å². The van der Waals surface area contributed by atoms with E-state index in [1.165, 1.54) is 0 Å². The minimum atomic E-state index is -0.559. The van der Waals surface area contributed by atoms with Gasteiger partial charge in [-0.3, -0.25) is 14.2 Å². The molecule has 2 N–H and O–H groups in total. The molecule has 164 valence electrons. The van der Waals surface area contributed by atoms with Crippen LogP contribution in [0, 0.1) is 0 Å². The van der Waals surface area contributed by atoms with Crippen LogP contribution in [0.25, 0.3) is 11.1 Å². The number of hydrogen-bond donors (Lipinski definition) is 2. The molecule has 0 aliphatic rings. The highest BCUT2D eigenvalue weighted by molar-refractivity contribution is 6.30. The average Bonchev–Trinajstić information content (AvgIpc) is 3.41. The van der Waals surface area contributed by atoms with E-state index in [0.717, 1.165) is 28.7 Å². The molecule has 1 amide bonds. The average molecular weight is 450 g/mol. The van der Waals surface area contributed by atoms with E-state index in [1.54, 1.807) is 34.0 Å². The highest BCUT2D eigenvalue weighted by atomic mass is 35.5. The molecule has 0 aliphatic carbocycles. The smallest absolute Gasteiger partial charge is 0.247 e. The quantitative estimate of drug-likeness (QED) is 0.430. The normalized spacial score (nSPS) is 12.0. The number of anilines is 1. The molecular weight excluding hydrogens is 426 g/mol. The fraction of sp³-hybridized carbons (Fsp3) is 0.217. The minimum absolute atomic E-state index is 0.198. The van der Waals surface area contributed by atoms with Crippen molar-refractivity contribution in [3.8, 4) is 11.1 Å². The Kier molecular flexibility index (Phi) is 6.63. The van der Waals surface area contributed by atoms with Crippen molar-refractivity contribution in [3.05, 3.63) is 83.5 Å². The fourth-order valence-electron chi connectivity index (χ4n) is 3.37. The summed E-state index contributed by atoms with van der Waals surface area (Å²) >= 11 is 5.95. The predicted molar refractivity (Wildman–Crippen MR) is 124 cm³/mol. The summed E-state index contributed by atoms with van der Waals surface area (Å²) in [6.07, 6.45) is 9.70. The molecule has 0 saturated heterocycles. The van der Waals surface area contributed by atoms with Crippen molar-refractivity contribution in [2.75, 3.05) is 11.9 Å². The zero-order chi connectivity index (χ0) is 22.5. The number of carbonyl (C=O) groups excluding carboxylic acids is 1. The summed E-state index contributed by atoms with van der Waals surface area (Å²) in [6, 6.07) is 10.8. The van der Waals surface area contributed by atoms with Crippen LogP contribution >= 0.6 is 11.6 Å². The van der Waals surface area contributed by atoms with Crippen LogP contribution in [-0.4, -0.2) is 37.0 Å². The second-order valence-electron chi connectivity index (χ2n) is 7.53. The Balaban J connectivity index is 1.43. The summed E-state index contributed by atoms with van der Waals surface area (Å²) in [5.74, 6) is 0.284. The maximum Gasteiger partial charge on any atom is 0.247 e. The third-order valence-electron chi connectivity index (χ3n) is 5.05. The number of halogens is 1. The molecule has 32 heavy (non-hydrogen) atoms. The van der Waals surface area contributed by atoms with E-state index in [0.29, 0.717) is 17.4 Å². The monoisotopic (exact) mass is 449 g/mol. The first-order valence-corrected chi connectivity index (χ1v) is 10.6. The number of hydrogen-bond acceptors (Lipinski definition) is 5. The summed E-state index contributed by atoms with van der Waals surface area (Å²) in [4.78, 5) is 17.5. The number of amides is 1. The van der Waals surface area contributed by atoms with Crippen LogP contribution in [0.3, 0.4) is 0 Å². The molecule has 4 aromatic rings. The van der Waals surface area contributed by atoms with Crippen molar-refractivity contribution in [1.29, 1.82) is 0 Å². The molecule has 1 atom stereocenters. The SMILES string of the molecule is Cn1cc(-c2ccc(NC(=O)C(NCCc3ccc(Cl)cc3)c3cnn(C)c3)nc2)cn1. The second-order valence-corrected chi connectivity index (χ2v) is 7.97. The lowest BCUT2D eigenvalue weighted by molar-refractivity contribution is -0.118. The number of benzene rings is 1. The van der Waals surface area contributed by atoms with E-state index in [-0.39, 0.29) is 5.91 Å². The number of carbonyl (C=O) groups is 1. The summed E-state index contributed by atoms with van der Waals surface area (Å²) in [6.45, 7) is 0.613. The van der Waals surface area contributed by atoms with Gasteiger partial charge in [-0.15, -0.1) is 0 Å². The molecule has 3 heterocycles. The minimum Gasteiger partial charge on any atom is -0.309 e. The van der Waals surface area contributed by atoms with Crippen molar-refractivity contribution in [2.24, 2.45) is 14.1 Å². The number of nitrogens with zero attached hydrogens (tertiary/aromatic N) is 5. The van der Waals surface area contributed by atoms with Crippen LogP contribution in [-0.2, 0) is 25.3 Å². The lowest BCUT2D eigenvalue weighted by atomic mass is 10.1. The van der Waals surface area contributed by atoms with Crippen LogP contribution in [0.1, 0.15) is 17.2 Å². The highest BCUT2D eigenvalue weighted by Crippen LogP contribution is 2.20. The fourth-order valence-corrected chi connectivity index (χ4v) is 3.50. The topological polar surface area (TPSA) is 89.7 Å². The summed E-state index contributed by atoms with van der Waals surface area (Å²) in [5, 5.41) is 15.3. The number of rotatable bonds is 8. The van der Waals surface area contributed by atoms with Crippen molar-refractivity contribution in [3.63, 3.8) is 0 Å². The van der Waals surface area contributed by atoms with Gasteiger partial charge in [0.1, 0.15) is 11.9 Å². The van der Waals surface area contributed by atoms with Crippen LogP contribution < -0.4 is 10.6 Å². The zero-order valence-electron chi connectivity index (χ0n) is 17.9. The molecule has 0 radical (unpaired) electrons. The van der Waals surface area contributed by atoms with Crippen LogP contribution in [0.15, 0.2) is 67.4 Å². The number of pyridine rings is 1. The maximum absolute atomic E-state index is 13.1. The lowest BCUT2D eigenvalue weighted by Gasteiger charge is -2.17. The van der Waals surface area contributed by atoms with E-state index >= 15 is 0 Å². The maximum atomic E-state index is 13.1. The van der Waals surface area contributed by atoms with Crippen molar-refractivity contribution >= 4 is 23.3 Å². The summed E-state index contributed by atoms with van der Waals surface area (Å²) < 4.78 is 3.41. The van der Waals surface area contributed by atoms with Gasteiger partial charge >= 0.3 is 0 Å². The van der Waals surface area contributed by atoms with Crippen molar-refractivity contribution in [2.45, 2.75) is 12.5 Å². The van der Waals surface area contributed by atoms with Gasteiger partial charge in [-0.1, -0.05) is 23.7 Å². The van der Waals surface area contributed by atoms with Gasteiger partial charge < -0.3 is 10.6 Å². The van der Waals surface area contributed by atoms with Crippen LogP contribution in [0.2, 0.25) is 5.02 Å². The summed E-state index contributed by atoms with van der Waals surface area (Å²) in [5.41, 5.74) is 3.82. The molecular formula is C23H24ClN7O. The van der Waals surface area contributed by atoms with Gasteiger partial charge in [0.15, 0.2) is 0 Å². The van der Waals surface area contributed by atoms with Gasteiger partial charge in [0, 0.05) is 60.9 Å². The molecule has 9 heteroatoms. The Labute approximate surface area is 191 Å². The first-order valence-electron chi connectivity index (χ1n) is 10.2. The number of nitrogens with one attached hydrogen (secondary N) is 2. The molecule has 0 bridgehead atoms. The van der Waals surface area contributed by atoms with E-state index < -0.39 is 6.04 Å². The van der Waals surface area contributed by atoms with Gasteiger partial charge in [0.25, 0.3) is 0 Å². The molecule has 8 nitrogen and oxygen atoms in total. The third-order valence-corrected chi connectivity index (χ3v) is 5.30. The first-order chi connectivity index (χ1) is 15.5. The molecule has 0 aliphatic heterocycles. The zero-order valence-corrected chi connectivity index (χ0v) is 18.6. The molecule has 3 aromatic heterocycles. The van der Waals surface area contributed by atoms with Crippen LogP contribution in [0.4, 0.5) is 5.82 Å². The van der Waals surface area contributed by atoms with E-state index in [1.807, 2.05) is 56.8 Å². The van der Waals surface area contributed by atoms with Crippen molar-refractivity contribution in [1.82, 2.24) is 29.9 Å². The molecule has 0 spiro atoms. The van der Waals surface area contributed by atoms with Gasteiger partial charge in [0.2, 0.25) is 5.91 Å². The van der Waals surface area contributed by atoms with E-state index in [9.17, 15) is 4.79 Å². The third kappa shape index (κ3) is 5.40. The van der Waals surface area contributed by atoms with Crippen LogP contribution in [0.5, 0.6) is 0 Å². The van der Waals surface area contributed by atoms with Gasteiger partial charge in [-0.2, -0.15) is 10.2 Å². The molecule has 1 unspecified atom stereocenters. The second kappa shape index (κ2) is 9.76. The Bertz CT molecular complexity index is 1180. The molecule has 0 saturated carbocycles. The Hall–Kier alpha value is -3.49. The molecule has 1 aromatic carbocycles. The standard InChI is InChI=1S/C23H24ClN7O/c1-30-14-18(12-27-30)17-5-8-21(26-11-17)29-23(32)22(19-13-28-31(2)15-19)25-10-9-16-3-6-20(24)7-4-16/h3-8,11-15,22,25H,9-10H2,1-2H3,(H,26,29,32). The highest BCUT2D eigenvalue weighted by Gasteiger charge is 2.22. The lowest BCUT2D eigenvalue weighted by Crippen LogP contribution is -2.34. The Morgan fingerprint density at radius 1 is 0.969 bits per heavy atom. The van der Waals surface area contributed by atoms with Gasteiger partial charge in [0.05, 0.1) is 12.4 Å². The predicted octanol–water partition coefficient (Wildman–Crippen LogP) is 3.38. The van der Waals surface area contributed by atoms with Crippen molar-refractivity contribution < 1.29 is 4.79 Å². The largest absolute Gasteiger partial charge is 0.309 e. The Morgan fingerprint density at radius 2 is 1.72 bits per heavy atom. The number of aromatic nitrogens is 5. The van der Waals surface area contributed by atoms with Gasteiger partial charge in [-0.25, -0.2) is 4.98 Å². The Morgan fingerprint density at radius 3 is 2.34 bits per heavy atom. The summed E-state index contributed by atoms with van der Waals surface area (Å²) in [7, 11) is 3.69. The molecule has 4 rings (SSSR count). The number of aryl methyl sites for hydroxylation is 2. The first kappa shape index (κ1) is 21.7. The van der Waals surface area contributed by atoms with E-state index in [4.69, 9.17) is 11.6 Å². The van der Waals surface area contributed by atoms with Gasteiger partial charge in [-0.05, 0) is 36.2 Å². The molecule has 0 fully saturated rings.